The van der Waals surface area contributed by atoms with Gasteiger partial charge in [-0.25, -0.2) is 9.59 Å². The van der Waals surface area contributed by atoms with Crippen molar-refractivity contribution in [2.24, 2.45) is 11.8 Å². The number of carboxylic acid groups (broad SMARTS) is 1. The van der Waals surface area contributed by atoms with Gasteiger partial charge in [0.1, 0.15) is 24.2 Å². The molecule has 4 rings (SSSR count). The summed E-state index contributed by atoms with van der Waals surface area (Å²) in [6.07, 6.45) is 0.0792. The molecule has 270 valence electrons. The molecule has 51 heavy (non-hydrogen) atoms. The van der Waals surface area contributed by atoms with Crippen LogP contribution in [-0.2, 0) is 19.0 Å². The highest BCUT2D eigenvalue weighted by Gasteiger charge is 2.22. The minimum atomic E-state index is -0.952. The number of rotatable bonds is 18. The summed E-state index contributed by atoms with van der Waals surface area (Å²) in [5.41, 5.74) is 4.50. The third kappa shape index (κ3) is 11.8. The van der Waals surface area contributed by atoms with Crippen LogP contribution >= 0.6 is 0 Å². The highest BCUT2D eigenvalue weighted by molar-refractivity contribution is 5.91. The van der Waals surface area contributed by atoms with Crippen LogP contribution in [0.1, 0.15) is 68.7 Å². The van der Waals surface area contributed by atoms with Crippen LogP contribution in [0.5, 0.6) is 11.5 Å². The van der Waals surface area contributed by atoms with E-state index in [0.29, 0.717) is 30.3 Å². The molecule has 0 bridgehead atoms. The first-order chi connectivity index (χ1) is 24.4. The van der Waals surface area contributed by atoms with E-state index in [1.165, 1.54) is 0 Å². The van der Waals surface area contributed by atoms with Crippen molar-refractivity contribution in [3.8, 4) is 33.8 Å². The van der Waals surface area contributed by atoms with Gasteiger partial charge in [-0.2, -0.15) is 0 Å². The predicted octanol–water partition coefficient (Wildman–Crippen LogP) is 8.74. The van der Waals surface area contributed by atoms with Crippen molar-refractivity contribution >= 4 is 17.9 Å². The Bertz CT molecular complexity index is 1700. The predicted molar refractivity (Wildman–Crippen MR) is 196 cm³/mol. The van der Waals surface area contributed by atoms with Crippen LogP contribution in [0.4, 0.5) is 0 Å². The Morgan fingerprint density at radius 2 is 1.00 bits per heavy atom. The van der Waals surface area contributed by atoms with Crippen LogP contribution in [0.25, 0.3) is 22.3 Å². The molecule has 0 amide bonds. The second-order valence-electron chi connectivity index (χ2n) is 13.0. The number of carbonyl (C=O) groups is 3. The van der Waals surface area contributed by atoms with E-state index in [1.54, 1.807) is 60.7 Å². The second-order valence-corrected chi connectivity index (χ2v) is 13.0. The van der Waals surface area contributed by atoms with Gasteiger partial charge in [-0.3, -0.25) is 4.79 Å². The number of carboxylic acids is 1. The summed E-state index contributed by atoms with van der Waals surface area (Å²) in [4.78, 5) is 36.2. The maximum atomic E-state index is 12.8. The van der Waals surface area contributed by atoms with E-state index < -0.39 is 11.9 Å². The molecule has 9 heteroatoms. The van der Waals surface area contributed by atoms with E-state index in [4.69, 9.17) is 28.8 Å². The van der Waals surface area contributed by atoms with Crippen molar-refractivity contribution < 1.29 is 43.2 Å². The molecule has 0 saturated heterocycles. The third-order valence-electron chi connectivity index (χ3n) is 8.41. The van der Waals surface area contributed by atoms with Crippen LogP contribution in [0.2, 0.25) is 0 Å². The first-order valence-corrected chi connectivity index (χ1v) is 17.4. The van der Waals surface area contributed by atoms with Crippen molar-refractivity contribution in [3.63, 3.8) is 0 Å². The van der Waals surface area contributed by atoms with Gasteiger partial charge in [0.15, 0.2) is 0 Å². The molecule has 4 unspecified atom stereocenters. The van der Waals surface area contributed by atoms with Crippen molar-refractivity contribution in [2.45, 2.75) is 66.3 Å². The molecule has 0 radical (unpaired) electrons. The highest BCUT2D eigenvalue weighted by Crippen LogP contribution is 2.27. The monoisotopic (exact) mass is 696 g/mol. The third-order valence-corrected chi connectivity index (χ3v) is 8.41. The minimum absolute atomic E-state index is 0.103. The molecule has 0 aromatic heterocycles. The Morgan fingerprint density at radius 3 is 1.49 bits per heavy atom. The summed E-state index contributed by atoms with van der Waals surface area (Å²) in [7, 11) is 0. The molecule has 0 spiro atoms. The van der Waals surface area contributed by atoms with Crippen molar-refractivity contribution in [1.82, 2.24) is 0 Å². The summed E-state index contributed by atoms with van der Waals surface area (Å²) >= 11 is 0. The van der Waals surface area contributed by atoms with Gasteiger partial charge in [-0.15, -0.1) is 0 Å². The molecule has 9 nitrogen and oxygen atoms in total. The summed E-state index contributed by atoms with van der Waals surface area (Å²) in [6.45, 7) is 12.6. The zero-order chi connectivity index (χ0) is 36.9. The molecule has 0 fully saturated rings. The topological polar surface area (TPSA) is 118 Å². The second kappa shape index (κ2) is 18.8. The molecule has 0 heterocycles. The van der Waals surface area contributed by atoms with Crippen LogP contribution in [0.15, 0.2) is 97.1 Å². The normalized spacial score (nSPS) is 13.5. The van der Waals surface area contributed by atoms with E-state index >= 15 is 0 Å². The lowest BCUT2D eigenvalue weighted by Gasteiger charge is -2.22. The first kappa shape index (κ1) is 38.8. The molecule has 4 aromatic rings. The minimum Gasteiger partial charge on any atom is -0.488 e. The molecule has 4 atom stereocenters. The maximum absolute atomic E-state index is 12.8. The van der Waals surface area contributed by atoms with Crippen molar-refractivity contribution in [2.75, 3.05) is 19.8 Å². The summed E-state index contributed by atoms with van der Waals surface area (Å²) in [6, 6.07) is 28.8. The van der Waals surface area contributed by atoms with Gasteiger partial charge in [0, 0.05) is 0 Å². The van der Waals surface area contributed by atoms with Gasteiger partial charge in [0.25, 0.3) is 0 Å². The molecule has 4 aromatic carbocycles. The molecule has 1 N–H and O–H groups in total. The summed E-state index contributed by atoms with van der Waals surface area (Å²) in [5, 5.41) is 9.11. The number of esters is 2. The Kier molecular flexibility index (Phi) is 14.3. The molecule has 0 aliphatic heterocycles. The fourth-order valence-electron chi connectivity index (χ4n) is 5.39. The van der Waals surface area contributed by atoms with Gasteiger partial charge >= 0.3 is 17.9 Å². The van der Waals surface area contributed by atoms with Crippen LogP contribution in [0, 0.1) is 11.8 Å². The van der Waals surface area contributed by atoms with Gasteiger partial charge in [-0.1, -0.05) is 69.3 Å². The molecule has 0 aliphatic carbocycles. The van der Waals surface area contributed by atoms with Gasteiger partial charge < -0.3 is 28.8 Å². The first-order valence-electron chi connectivity index (χ1n) is 17.4. The highest BCUT2D eigenvalue weighted by atomic mass is 16.6. The zero-order valence-electron chi connectivity index (χ0n) is 30.2. The van der Waals surface area contributed by atoms with Gasteiger partial charge in [-0.05, 0) is 104 Å². The smallest absolute Gasteiger partial charge is 0.343 e. The lowest BCUT2D eigenvalue weighted by molar-refractivity contribution is -0.155. The Morgan fingerprint density at radius 1 is 0.569 bits per heavy atom. The van der Waals surface area contributed by atoms with Crippen molar-refractivity contribution in [3.05, 3.63) is 108 Å². The summed E-state index contributed by atoms with van der Waals surface area (Å²) in [5.74, 6) is -0.454. The van der Waals surface area contributed by atoms with Crippen molar-refractivity contribution in [1.29, 1.82) is 0 Å². The zero-order valence-corrected chi connectivity index (χ0v) is 30.2. The van der Waals surface area contributed by atoms with E-state index in [0.717, 1.165) is 28.7 Å². The lowest BCUT2D eigenvalue weighted by atomic mass is 9.93. The molecular weight excluding hydrogens is 648 g/mol. The van der Waals surface area contributed by atoms with E-state index in [9.17, 15) is 14.4 Å². The van der Waals surface area contributed by atoms with Gasteiger partial charge in [0.05, 0.1) is 42.5 Å². The van der Waals surface area contributed by atoms with Crippen LogP contribution < -0.4 is 9.47 Å². The number of ether oxygens (including phenoxy) is 5. The Balaban J connectivity index is 1.18. The fourth-order valence-corrected chi connectivity index (χ4v) is 5.39. The van der Waals surface area contributed by atoms with Crippen LogP contribution in [0.3, 0.4) is 0 Å². The maximum Gasteiger partial charge on any atom is 0.343 e. The SMILES string of the molecule is CCC(C(=O)OCC(C)OCC(C)OCC(C)Oc1ccc(C(=O)Oc2ccc(-c3ccc(-c4ccc(C(=O)O)cc4)cc3)cc2)cc1)C(C)C. The Hall–Kier alpha value is -4.99. The quantitative estimate of drug-likeness (QED) is 0.0805. The number of hydrogen-bond donors (Lipinski definition) is 1. The largest absolute Gasteiger partial charge is 0.488 e. The number of carbonyl (C=O) groups excluding carboxylic acids is 2. The number of hydrogen-bond acceptors (Lipinski definition) is 8. The fraction of sp³-hybridized carbons (Fsp3) is 0.357. The number of aromatic carboxylic acids is 1. The van der Waals surface area contributed by atoms with Gasteiger partial charge in [0.2, 0.25) is 0 Å². The lowest BCUT2D eigenvalue weighted by Crippen LogP contribution is -2.29. The molecule has 0 aliphatic rings. The average Bonchev–Trinajstić information content (AvgIpc) is 3.13. The average molecular weight is 697 g/mol. The van der Waals surface area contributed by atoms with E-state index in [2.05, 4.69) is 0 Å². The molecular formula is C42H48O9. The summed E-state index contributed by atoms with van der Waals surface area (Å²) < 4.78 is 28.7. The standard InChI is InChI=1S/C42H48O9/c1-7-39(27(2)3)42(46)49-25-29(5)47-24-28(4)48-26-30(6)50-37-22-18-36(19-23-37)41(45)51-38-20-16-34(17-21-38)32-10-8-31(9-11-32)33-12-14-35(15-13-33)40(43)44/h8-23,27-30,39H,7,24-26H2,1-6H3,(H,43,44). The van der Waals surface area contributed by atoms with E-state index in [-0.39, 0.29) is 48.3 Å². The van der Waals surface area contributed by atoms with Crippen LogP contribution in [-0.4, -0.2) is 61.1 Å². The number of benzene rings is 4. The van der Waals surface area contributed by atoms with E-state index in [1.807, 2.05) is 77.9 Å². The molecule has 0 saturated carbocycles. The Labute approximate surface area is 300 Å².